The summed E-state index contributed by atoms with van der Waals surface area (Å²) < 4.78 is 0.961. The molecule has 0 spiro atoms. The highest BCUT2D eigenvalue weighted by molar-refractivity contribution is 9.10. The van der Waals surface area contributed by atoms with Crippen molar-refractivity contribution in [2.24, 2.45) is 5.92 Å². The Morgan fingerprint density at radius 3 is 2.94 bits per heavy atom. The third kappa shape index (κ3) is 1.96. The number of carbonyl (C=O) groups is 2. The van der Waals surface area contributed by atoms with Crippen LogP contribution in [0, 0.1) is 5.92 Å². The molecule has 0 radical (unpaired) electrons. The van der Waals surface area contributed by atoms with Crippen molar-refractivity contribution in [3.8, 4) is 0 Å². The molecule has 0 fully saturated rings. The Balaban J connectivity index is 2.27. The van der Waals surface area contributed by atoms with Gasteiger partial charge in [-0.1, -0.05) is 22.9 Å². The molecule has 2 rings (SSSR count). The Bertz CT molecular complexity index is 451. The van der Waals surface area contributed by atoms with Crippen molar-refractivity contribution < 1.29 is 9.59 Å². The van der Waals surface area contributed by atoms with Crippen molar-refractivity contribution in [3.05, 3.63) is 33.8 Å². The van der Waals surface area contributed by atoms with Crippen LogP contribution >= 0.6 is 15.9 Å². The molecule has 0 saturated carbocycles. The van der Waals surface area contributed by atoms with E-state index >= 15 is 0 Å². The van der Waals surface area contributed by atoms with Gasteiger partial charge in [0.05, 0.1) is 5.92 Å². The number of benzene rings is 1. The van der Waals surface area contributed by atoms with Gasteiger partial charge in [0, 0.05) is 16.5 Å². The van der Waals surface area contributed by atoms with E-state index < -0.39 is 5.92 Å². The van der Waals surface area contributed by atoms with Gasteiger partial charge >= 0.3 is 0 Å². The quantitative estimate of drug-likeness (QED) is 0.797. The minimum absolute atomic E-state index is 0.000880. The van der Waals surface area contributed by atoms with Crippen molar-refractivity contribution in [2.75, 3.05) is 0 Å². The zero-order chi connectivity index (χ0) is 11.7. The highest BCUT2D eigenvalue weighted by Gasteiger charge is 2.34. The zero-order valence-corrected chi connectivity index (χ0v) is 10.7. The summed E-state index contributed by atoms with van der Waals surface area (Å²) in [7, 11) is 0. The summed E-state index contributed by atoms with van der Waals surface area (Å²) in [6.45, 7) is 1.96. The molecule has 1 aliphatic carbocycles. The molecular weight excluding hydrogens is 268 g/mol. The SMILES string of the molecule is CCCC(=O)C1Cc2cc(Br)ccc2C1=O. The molecular formula is C13H13BrO2. The Morgan fingerprint density at radius 2 is 2.25 bits per heavy atom. The molecule has 84 valence electrons. The van der Waals surface area contributed by atoms with E-state index in [1.165, 1.54) is 0 Å². The molecule has 1 aromatic rings. The lowest BCUT2D eigenvalue weighted by Crippen LogP contribution is -2.20. The Morgan fingerprint density at radius 1 is 1.50 bits per heavy atom. The second-order valence-electron chi connectivity index (χ2n) is 4.14. The fourth-order valence-corrected chi connectivity index (χ4v) is 2.56. The number of ketones is 2. The predicted octanol–water partition coefficient (Wildman–Crippen LogP) is 3.17. The van der Waals surface area contributed by atoms with Gasteiger partial charge in [-0.3, -0.25) is 9.59 Å². The fraction of sp³-hybridized carbons (Fsp3) is 0.385. The van der Waals surface area contributed by atoms with E-state index in [9.17, 15) is 9.59 Å². The van der Waals surface area contributed by atoms with Crippen molar-refractivity contribution in [1.29, 1.82) is 0 Å². The average molecular weight is 281 g/mol. The van der Waals surface area contributed by atoms with E-state index in [2.05, 4.69) is 15.9 Å². The molecule has 0 saturated heterocycles. The van der Waals surface area contributed by atoms with Crippen LogP contribution in [-0.2, 0) is 11.2 Å². The van der Waals surface area contributed by atoms with Gasteiger partial charge in [0.25, 0.3) is 0 Å². The van der Waals surface area contributed by atoms with Crippen molar-refractivity contribution in [3.63, 3.8) is 0 Å². The van der Waals surface area contributed by atoms with Gasteiger partial charge in [0.2, 0.25) is 0 Å². The molecule has 0 heterocycles. The topological polar surface area (TPSA) is 34.1 Å². The lowest BCUT2D eigenvalue weighted by molar-refractivity contribution is -0.121. The minimum atomic E-state index is -0.427. The summed E-state index contributed by atoms with van der Waals surface area (Å²) in [5, 5.41) is 0. The molecule has 1 unspecified atom stereocenters. The zero-order valence-electron chi connectivity index (χ0n) is 9.13. The van der Waals surface area contributed by atoms with E-state index in [-0.39, 0.29) is 11.6 Å². The van der Waals surface area contributed by atoms with Crippen LogP contribution in [0.4, 0.5) is 0 Å². The van der Waals surface area contributed by atoms with E-state index in [1.54, 1.807) is 6.07 Å². The number of fused-ring (bicyclic) bond motifs is 1. The highest BCUT2D eigenvalue weighted by Crippen LogP contribution is 2.30. The largest absolute Gasteiger partial charge is 0.299 e. The van der Waals surface area contributed by atoms with Crippen LogP contribution in [0.15, 0.2) is 22.7 Å². The normalized spacial score (nSPS) is 18.6. The third-order valence-electron chi connectivity index (χ3n) is 2.96. The first-order chi connectivity index (χ1) is 7.63. The van der Waals surface area contributed by atoms with Gasteiger partial charge < -0.3 is 0 Å². The van der Waals surface area contributed by atoms with Gasteiger partial charge in [0.15, 0.2) is 5.78 Å². The maximum Gasteiger partial charge on any atom is 0.173 e. The first-order valence-electron chi connectivity index (χ1n) is 5.49. The summed E-state index contributed by atoms with van der Waals surface area (Å²) in [5.74, 6) is -0.343. The Hall–Kier alpha value is -0.960. The van der Waals surface area contributed by atoms with Crippen molar-refractivity contribution in [1.82, 2.24) is 0 Å². The first-order valence-corrected chi connectivity index (χ1v) is 6.28. The molecule has 0 aromatic heterocycles. The van der Waals surface area contributed by atoms with Crippen LogP contribution in [0.1, 0.15) is 35.7 Å². The number of halogens is 1. The van der Waals surface area contributed by atoms with Gasteiger partial charge in [-0.05, 0) is 36.6 Å². The standard InChI is InChI=1S/C13H13BrO2/c1-2-3-12(15)11-7-8-6-9(14)4-5-10(8)13(11)16/h4-6,11H,2-3,7H2,1H3. The minimum Gasteiger partial charge on any atom is -0.299 e. The number of hydrogen-bond donors (Lipinski definition) is 0. The lowest BCUT2D eigenvalue weighted by atomic mass is 9.97. The first kappa shape index (κ1) is 11.5. The maximum atomic E-state index is 12.0. The molecule has 1 aliphatic rings. The van der Waals surface area contributed by atoms with Crippen LogP contribution < -0.4 is 0 Å². The number of rotatable bonds is 3. The Labute approximate surface area is 103 Å². The highest BCUT2D eigenvalue weighted by atomic mass is 79.9. The van der Waals surface area contributed by atoms with Crippen LogP contribution in [0.3, 0.4) is 0 Å². The van der Waals surface area contributed by atoms with Gasteiger partial charge in [0.1, 0.15) is 5.78 Å². The second-order valence-corrected chi connectivity index (χ2v) is 5.05. The van der Waals surface area contributed by atoms with E-state index in [1.807, 2.05) is 19.1 Å². The molecule has 16 heavy (non-hydrogen) atoms. The molecule has 0 amide bonds. The number of carbonyl (C=O) groups excluding carboxylic acids is 2. The fourth-order valence-electron chi connectivity index (χ4n) is 2.15. The summed E-state index contributed by atoms with van der Waals surface area (Å²) in [4.78, 5) is 23.8. The maximum absolute atomic E-state index is 12.0. The number of Topliss-reactive ketones (excluding diaryl/α,β-unsaturated/α-hetero) is 2. The van der Waals surface area contributed by atoms with E-state index in [0.29, 0.717) is 12.8 Å². The van der Waals surface area contributed by atoms with Crippen molar-refractivity contribution in [2.45, 2.75) is 26.2 Å². The predicted molar refractivity (Wildman–Crippen MR) is 65.6 cm³/mol. The molecule has 2 nitrogen and oxygen atoms in total. The molecule has 0 N–H and O–H groups in total. The van der Waals surface area contributed by atoms with Crippen LogP contribution in [0.5, 0.6) is 0 Å². The molecule has 3 heteroatoms. The van der Waals surface area contributed by atoms with E-state index in [4.69, 9.17) is 0 Å². The summed E-state index contributed by atoms with van der Waals surface area (Å²) in [5.41, 5.74) is 1.71. The summed E-state index contributed by atoms with van der Waals surface area (Å²) >= 11 is 3.38. The molecule has 0 aliphatic heterocycles. The molecule has 1 aromatic carbocycles. The van der Waals surface area contributed by atoms with Gasteiger partial charge in [-0.25, -0.2) is 0 Å². The third-order valence-corrected chi connectivity index (χ3v) is 3.45. The smallest absolute Gasteiger partial charge is 0.173 e. The van der Waals surface area contributed by atoms with E-state index in [0.717, 1.165) is 22.0 Å². The summed E-state index contributed by atoms with van der Waals surface area (Å²) in [6, 6.07) is 5.59. The molecule has 1 atom stereocenters. The van der Waals surface area contributed by atoms with Crippen LogP contribution in [0.25, 0.3) is 0 Å². The Kier molecular flexibility index (Phi) is 3.24. The average Bonchev–Trinajstić information content (AvgIpc) is 2.56. The lowest BCUT2D eigenvalue weighted by Gasteiger charge is -2.04. The van der Waals surface area contributed by atoms with Gasteiger partial charge in [-0.2, -0.15) is 0 Å². The summed E-state index contributed by atoms with van der Waals surface area (Å²) in [6.07, 6.45) is 1.89. The number of hydrogen-bond acceptors (Lipinski definition) is 2. The second kappa shape index (κ2) is 4.50. The van der Waals surface area contributed by atoms with Gasteiger partial charge in [-0.15, -0.1) is 0 Å². The van der Waals surface area contributed by atoms with Crippen LogP contribution in [0.2, 0.25) is 0 Å². The monoisotopic (exact) mass is 280 g/mol. The molecule has 0 bridgehead atoms. The van der Waals surface area contributed by atoms with Crippen LogP contribution in [-0.4, -0.2) is 11.6 Å². The van der Waals surface area contributed by atoms with Crippen molar-refractivity contribution >= 4 is 27.5 Å².